The van der Waals surface area contributed by atoms with E-state index < -0.39 is 12.0 Å². The number of benzene rings is 2. The first-order valence-corrected chi connectivity index (χ1v) is 10.1. The van der Waals surface area contributed by atoms with Crippen LogP contribution in [0.3, 0.4) is 0 Å². The Balaban J connectivity index is 1.99. The van der Waals surface area contributed by atoms with Crippen LogP contribution in [0.25, 0.3) is 0 Å². The second kappa shape index (κ2) is 8.85. The van der Waals surface area contributed by atoms with Crippen molar-refractivity contribution in [1.29, 1.82) is 0 Å². The summed E-state index contributed by atoms with van der Waals surface area (Å²) in [6.45, 7) is 0.0347. The highest BCUT2D eigenvalue weighted by atomic mass is 79.9. The average molecular weight is 603 g/mol. The van der Waals surface area contributed by atoms with Crippen LogP contribution in [0.1, 0.15) is 11.1 Å². The van der Waals surface area contributed by atoms with Crippen LogP contribution in [-0.4, -0.2) is 22.2 Å². The van der Waals surface area contributed by atoms with Gasteiger partial charge < -0.3 is 20.7 Å². The molecule has 0 heterocycles. The zero-order valence-corrected chi connectivity index (χ0v) is 18.9. The molecule has 0 saturated heterocycles. The number of nitrogens with two attached hydrogens (primary N) is 1. The minimum atomic E-state index is -0.840. The smallest absolute Gasteiger partial charge is 0.323 e. The highest BCUT2D eigenvalue weighted by Gasteiger charge is 2.18. The molecule has 1 atom stereocenters. The monoisotopic (exact) mass is 599 g/mol. The van der Waals surface area contributed by atoms with Crippen LogP contribution in [-0.2, 0) is 22.6 Å². The Morgan fingerprint density at radius 3 is 1.76 bits per heavy atom. The Labute approximate surface area is 178 Å². The number of phenolic OH excluding ortho intramolecular Hbond substituents is 2. The molecule has 2 aromatic rings. The lowest BCUT2D eigenvalue weighted by molar-refractivity contribution is -0.146. The minimum absolute atomic E-state index is 0.0347. The molecule has 0 unspecified atom stereocenters. The molecule has 0 aliphatic heterocycles. The zero-order chi connectivity index (χ0) is 18.7. The number of halogens is 4. The van der Waals surface area contributed by atoms with Gasteiger partial charge in [0.2, 0.25) is 0 Å². The molecule has 0 fully saturated rings. The van der Waals surface area contributed by atoms with Gasteiger partial charge in [0.05, 0.1) is 17.9 Å². The number of rotatable bonds is 5. The molecule has 2 aromatic carbocycles. The number of hydrogen-bond donors (Lipinski definition) is 3. The van der Waals surface area contributed by atoms with Crippen LogP contribution in [0, 0.1) is 0 Å². The van der Waals surface area contributed by atoms with Crippen molar-refractivity contribution in [2.75, 3.05) is 0 Å². The Morgan fingerprint density at radius 2 is 1.32 bits per heavy atom. The van der Waals surface area contributed by atoms with Crippen molar-refractivity contribution < 1.29 is 19.7 Å². The first-order valence-electron chi connectivity index (χ1n) is 6.95. The lowest BCUT2D eigenvalue weighted by Gasteiger charge is -2.13. The van der Waals surface area contributed by atoms with Crippen LogP contribution in [0.5, 0.6) is 11.5 Å². The van der Waals surface area contributed by atoms with Gasteiger partial charge in [-0.2, -0.15) is 0 Å². The highest BCUT2D eigenvalue weighted by molar-refractivity contribution is 9.11. The Kier molecular flexibility index (Phi) is 7.33. The predicted octanol–water partition coefficient (Wildman–Crippen LogP) is 4.76. The Morgan fingerprint density at radius 1 is 0.920 bits per heavy atom. The van der Waals surface area contributed by atoms with Crippen molar-refractivity contribution in [2.24, 2.45) is 5.73 Å². The van der Waals surface area contributed by atoms with Gasteiger partial charge in [0.15, 0.2) is 0 Å². The number of phenols is 2. The number of esters is 1. The molecule has 5 nitrogen and oxygen atoms in total. The summed E-state index contributed by atoms with van der Waals surface area (Å²) in [5.41, 5.74) is 7.38. The molecule has 0 bridgehead atoms. The summed E-state index contributed by atoms with van der Waals surface area (Å²) in [6, 6.07) is 5.87. The average Bonchev–Trinajstić information content (AvgIpc) is 2.55. The lowest BCUT2D eigenvalue weighted by atomic mass is 10.1. The molecule has 0 aliphatic carbocycles. The zero-order valence-electron chi connectivity index (χ0n) is 12.6. The van der Waals surface area contributed by atoms with Crippen molar-refractivity contribution in [3.63, 3.8) is 0 Å². The van der Waals surface area contributed by atoms with E-state index in [9.17, 15) is 15.0 Å². The fraction of sp³-hybridized carbons (Fsp3) is 0.188. The van der Waals surface area contributed by atoms with Crippen molar-refractivity contribution in [3.8, 4) is 11.5 Å². The Hall–Kier alpha value is -0.610. The number of hydrogen-bond acceptors (Lipinski definition) is 5. The van der Waals surface area contributed by atoms with Gasteiger partial charge in [-0.15, -0.1) is 0 Å². The molecular weight excluding hydrogens is 590 g/mol. The molecule has 0 radical (unpaired) electrons. The summed E-state index contributed by atoms with van der Waals surface area (Å²) >= 11 is 12.9. The van der Waals surface area contributed by atoms with Gasteiger partial charge >= 0.3 is 5.97 Å². The maximum Gasteiger partial charge on any atom is 0.323 e. The van der Waals surface area contributed by atoms with E-state index >= 15 is 0 Å². The lowest BCUT2D eigenvalue weighted by Crippen LogP contribution is -2.34. The normalized spacial score (nSPS) is 12.0. The third-order valence-corrected chi connectivity index (χ3v) is 5.71. The molecule has 2 rings (SSSR count). The quantitative estimate of drug-likeness (QED) is 0.429. The highest BCUT2D eigenvalue weighted by Crippen LogP contribution is 2.34. The van der Waals surface area contributed by atoms with Crippen LogP contribution < -0.4 is 5.73 Å². The first kappa shape index (κ1) is 20.7. The van der Waals surface area contributed by atoms with Crippen LogP contribution in [0.4, 0.5) is 0 Å². The third-order valence-electron chi connectivity index (χ3n) is 3.29. The maximum atomic E-state index is 12.1. The van der Waals surface area contributed by atoms with Gasteiger partial charge in [-0.25, -0.2) is 0 Å². The first-order chi connectivity index (χ1) is 11.7. The fourth-order valence-electron chi connectivity index (χ4n) is 2.04. The summed E-state index contributed by atoms with van der Waals surface area (Å²) < 4.78 is 7.25. The van der Waals surface area contributed by atoms with E-state index in [1.54, 1.807) is 24.3 Å². The van der Waals surface area contributed by atoms with Crippen molar-refractivity contribution >= 4 is 69.7 Å². The second-order valence-corrected chi connectivity index (χ2v) is 8.65. The maximum absolute atomic E-state index is 12.1. The van der Waals surface area contributed by atoms with Crippen LogP contribution in [0.2, 0.25) is 0 Å². The SMILES string of the molecule is N[C@@H](Cc1cc(Br)c(O)c(Br)c1)C(=O)OCc1cc(Br)c(O)c(Br)c1. The molecule has 4 N–H and O–H groups in total. The molecule has 0 amide bonds. The number of aromatic hydroxyl groups is 2. The molecule has 0 saturated carbocycles. The number of carbonyl (C=O) groups is 1. The summed E-state index contributed by atoms with van der Waals surface area (Å²) in [5, 5.41) is 19.4. The van der Waals surface area contributed by atoms with Crippen LogP contribution >= 0.6 is 63.7 Å². The molecule has 0 aliphatic rings. The molecular formula is C16H13Br4NO4. The summed E-state index contributed by atoms with van der Waals surface area (Å²) in [7, 11) is 0. The van der Waals surface area contributed by atoms with Gasteiger partial charge in [-0.3, -0.25) is 4.79 Å². The van der Waals surface area contributed by atoms with Crippen molar-refractivity contribution in [1.82, 2.24) is 0 Å². The molecule has 0 spiro atoms. The van der Waals surface area contributed by atoms with Crippen LogP contribution in [0.15, 0.2) is 42.2 Å². The summed E-state index contributed by atoms with van der Waals surface area (Å²) in [4.78, 5) is 12.1. The van der Waals surface area contributed by atoms with E-state index in [0.717, 1.165) is 5.56 Å². The number of ether oxygens (including phenoxy) is 1. The van der Waals surface area contributed by atoms with Gasteiger partial charge in [0.1, 0.15) is 24.1 Å². The molecule has 25 heavy (non-hydrogen) atoms. The second-order valence-electron chi connectivity index (χ2n) is 5.23. The van der Waals surface area contributed by atoms with E-state index in [1.807, 2.05) is 0 Å². The van der Waals surface area contributed by atoms with Crippen molar-refractivity contribution in [3.05, 3.63) is 53.3 Å². The van der Waals surface area contributed by atoms with Crippen molar-refractivity contribution in [2.45, 2.75) is 19.1 Å². The summed E-state index contributed by atoms with van der Waals surface area (Å²) in [5.74, 6) is -0.376. The van der Waals surface area contributed by atoms with E-state index in [4.69, 9.17) is 10.5 Å². The number of carbonyl (C=O) groups excluding carboxylic acids is 1. The predicted molar refractivity (Wildman–Crippen MR) is 108 cm³/mol. The van der Waals surface area contributed by atoms with E-state index in [0.29, 0.717) is 23.5 Å². The molecule has 134 valence electrons. The standard InChI is InChI=1S/C16H13Br4NO4/c17-9-1-7(2-10(18)14(9)22)5-13(21)16(24)25-6-8-3-11(19)15(23)12(20)4-8/h1-4,13,22-23H,5-6,21H2/t13-/m0/s1. The minimum Gasteiger partial charge on any atom is -0.506 e. The largest absolute Gasteiger partial charge is 0.506 e. The van der Waals surface area contributed by atoms with Gasteiger partial charge in [0, 0.05) is 0 Å². The van der Waals surface area contributed by atoms with Gasteiger partial charge in [-0.1, -0.05) is 0 Å². The van der Waals surface area contributed by atoms with E-state index in [-0.39, 0.29) is 24.5 Å². The summed E-state index contributed by atoms with van der Waals surface area (Å²) in [6.07, 6.45) is 0.263. The van der Waals surface area contributed by atoms with E-state index in [2.05, 4.69) is 63.7 Å². The topological polar surface area (TPSA) is 92.8 Å². The van der Waals surface area contributed by atoms with Gasteiger partial charge in [0.25, 0.3) is 0 Å². The molecule has 9 heteroatoms. The Bertz CT molecular complexity index is 767. The fourth-order valence-corrected chi connectivity index (χ4v) is 4.60. The van der Waals surface area contributed by atoms with Gasteiger partial charge in [-0.05, 0) is 106 Å². The third kappa shape index (κ3) is 5.43. The van der Waals surface area contributed by atoms with E-state index in [1.165, 1.54) is 0 Å². The molecule has 0 aromatic heterocycles.